The Morgan fingerprint density at radius 3 is 2.55 bits per heavy atom. The Morgan fingerprint density at radius 2 is 1.95 bits per heavy atom. The van der Waals surface area contributed by atoms with Crippen LogP contribution in [0.3, 0.4) is 0 Å². The second-order valence-corrected chi connectivity index (χ2v) is 6.80. The Bertz CT molecular complexity index is 733. The summed E-state index contributed by atoms with van der Waals surface area (Å²) >= 11 is 9.28. The van der Waals surface area contributed by atoms with E-state index in [0.29, 0.717) is 28.3 Å². The fraction of sp³-hybridized carbons (Fsp3) is 0.467. The van der Waals surface area contributed by atoms with Crippen LogP contribution in [0.2, 0.25) is 5.02 Å². The highest BCUT2D eigenvalue weighted by Crippen LogP contribution is 2.39. The lowest BCUT2D eigenvalue weighted by Gasteiger charge is -2.28. The molecule has 2 unspecified atom stereocenters. The Morgan fingerprint density at radius 1 is 1.32 bits per heavy atom. The zero-order chi connectivity index (χ0) is 16.0. The van der Waals surface area contributed by atoms with E-state index in [1.54, 1.807) is 6.07 Å². The van der Waals surface area contributed by atoms with E-state index in [2.05, 4.69) is 44.6 Å². The van der Waals surface area contributed by atoms with E-state index >= 15 is 0 Å². The summed E-state index contributed by atoms with van der Waals surface area (Å²) in [6.45, 7) is 4.28. The van der Waals surface area contributed by atoms with E-state index in [-0.39, 0.29) is 16.0 Å². The molecule has 0 radical (unpaired) electrons. The third-order valence-electron chi connectivity index (χ3n) is 4.17. The molecule has 7 heteroatoms. The second-order valence-electron chi connectivity index (χ2n) is 5.60. The van der Waals surface area contributed by atoms with Crippen LogP contribution in [0, 0.1) is 5.82 Å². The van der Waals surface area contributed by atoms with Crippen molar-refractivity contribution in [2.24, 2.45) is 0 Å². The first-order valence-corrected chi connectivity index (χ1v) is 8.28. The number of methoxy groups -OCH3 is 1. The minimum atomic E-state index is -0.496. The molecule has 1 aromatic carbocycles. The van der Waals surface area contributed by atoms with Gasteiger partial charge in [0.25, 0.3) is 0 Å². The largest absolute Gasteiger partial charge is 0.467 e. The van der Waals surface area contributed by atoms with Crippen molar-refractivity contribution in [2.45, 2.75) is 38.8 Å². The maximum Gasteiger partial charge on any atom is 0.318 e. The Labute approximate surface area is 141 Å². The summed E-state index contributed by atoms with van der Waals surface area (Å²) in [5.74, 6) is 0.177. The number of hydrogen-bond acceptors (Lipinski definition) is 4. The van der Waals surface area contributed by atoms with E-state index in [4.69, 9.17) is 16.3 Å². The molecule has 2 heterocycles. The summed E-state index contributed by atoms with van der Waals surface area (Å²) in [6, 6.07) is 2.50. The number of benzene rings is 1. The van der Waals surface area contributed by atoms with E-state index in [9.17, 15) is 4.39 Å². The van der Waals surface area contributed by atoms with Gasteiger partial charge >= 0.3 is 6.01 Å². The van der Waals surface area contributed by atoms with E-state index < -0.39 is 5.82 Å². The van der Waals surface area contributed by atoms with Gasteiger partial charge in [0.1, 0.15) is 11.3 Å². The van der Waals surface area contributed by atoms with Crippen molar-refractivity contribution in [3.8, 4) is 6.01 Å². The summed E-state index contributed by atoms with van der Waals surface area (Å²) in [7, 11) is 1.48. The highest BCUT2D eigenvalue weighted by atomic mass is 79.9. The Hall–Kier alpha value is -1.14. The first kappa shape index (κ1) is 15.7. The predicted molar refractivity (Wildman–Crippen MR) is 89.4 cm³/mol. The van der Waals surface area contributed by atoms with Gasteiger partial charge in [-0.3, -0.25) is 0 Å². The van der Waals surface area contributed by atoms with Crippen LogP contribution < -0.4 is 9.64 Å². The summed E-state index contributed by atoms with van der Waals surface area (Å²) in [4.78, 5) is 10.8. The van der Waals surface area contributed by atoms with Crippen LogP contribution in [0.25, 0.3) is 10.9 Å². The maximum absolute atomic E-state index is 14.5. The average Bonchev–Trinajstić information content (AvgIpc) is 2.83. The third kappa shape index (κ3) is 2.42. The molecule has 2 atom stereocenters. The molecule has 0 N–H and O–H groups in total. The van der Waals surface area contributed by atoms with E-state index in [0.717, 1.165) is 12.8 Å². The molecule has 22 heavy (non-hydrogen) atoms. The summed E-state index contributed by atoms with van der Waals surface area (Å²) in [5, 5.41) is 0.909. The predicted octanol–water partition coefficient (Wildman–Crippen LogP) is 4.57. The minimum Gasteiger partial charge on any atom is -0.467 e. The van der Waals surface area contributed by atoms with Gasteiger partial charge in [0.2, 0.25) is 0 Å². The number of fused-ring (bicyclic) bond motifs is 1. The van der Waals surface area contributed by atoms with Crippen molar-refractivity contribution in [1.29, 1.82) is 0 Å². The summed E-state index contributed by atoms with van der Waals surface area (Å²) in [5.41, 5.74) is 0.212. The van der Waals surface area contributed by atoms with Crippen molar-refractivity contribution >= 4 is 44.3 Å². The molecule has 1 aliphatic heterocycles. The normalized spacial score (nSPS) is 21.6. The molecule has 0 amide bonds. The van der Waals surface area contributed by atoms with Gasteiger partial charge in [-0.1, -0.05) is 11.6 Å². The lowest BCUT2D eigenvalue weighted by Crippen LogP contribution is -2.33. The van der Waals surface area contributed by atoms with Gasteiger partial charge in [-0.15, -0.1) is 0 Å². The molecule has 1 saturated heterocycles. The fourth-order valence-electron chi connectivity index (χ4n) is 3.04. The van der Waals surface area contributed by atoms with Crippen LogP contribution in [0.15, 0.2) is 10.5 Å². The van der Waals surface area contributed by atoms with Crippen LogP contribution in [0.1, 0.15) is 26.7 Å². The number of ether oxygens (including phenoxy) is 1. The highest BCUT2D eigenvalue weighted by molar-refractivity contribution is 9.10. The molecule has 3 rings (SSSR count). The van der Waals surface area contributed by atoms with Crippen molar-refractivity contribution in [3.05, 3.63) is 21.4 Å². The fourth-order valence-corrected chi connectivity index (χ4v) is 3.53. The van der Waals surface area contributed by atoms with Gasteiger partial charge in [0.05, 0.1) is 16.6 Å². The smallest absolute Gasteiger partial charge is 0.318 e. The van der Waals surface area contributed by atoms with Crippen molar-refractivity contribution in [3.63, 3.8) is 0 Å². The average molecular weight is 389 g/mol. The standard InChI is InChI=1S/C15H16BrClFN3O/c1-7-4-5-8(2)21(7)14-9-6-10(17)11(16)12(18)13(9)19-15(20-14)22-3/h6-8H,4-5H2,1-3H3. The molecular formula is C15H16BrClFN3O. The van der Waals surface area contributed by atoms with Gasteiger partial charge < -0.3 is 9.64 Å². The number of hydrogen-bond donors (Lipinski definition) is 0. The molecule has 118 valence electrons. The Balaban J connectivity index is 2.33. The lowest BCUT2D eigenvalue weighted by atomic mass is 10.2. The van der Waals surface area contributed by atoms with Gasteiger partial charge in [0.15, 0.2) is 5.82 Å². The molecule has 0 spiro atoms. The second kappa shape index (κ2) is 5.81. The van der Waals surface area contributed by atoms with Crippen LogP contribution >= 0.6 is 27.5 Å². The topological polar surface area (TPSA) is 38.2 Å². The minimum absolute atomic E-state index is 0.155. The molecule has 1 aliphatic rings. The lowest BCUT2D eigenvalue weighted by molar-refractivity contribution is 0.381. The van der Waals surface area contributed by atoms with Crippen LogP contribution in [-0.2, 0) is 0 Å². The number of aromatic nitrogens is 2. The molecule has 1 fully saturated rings. The monoisotopic (exact) mass is 387 g/mol. The van der Waals surface area contributed by atoms with Crippen molar-refractivity contribution in [2.75, 3.05) is 12.0 Å². The zero-order valence-electron chi connectivity index (χ0n) is 12.5. The molecule has 2 aromatic rings. The number of nitrogens with zero attached hydrogens (tertiary/aromatic N) is 3. The molecule has 0 bridgehead atoms. The van der Waals surface area contributed by atoms with Gasteiger partial charge in [0, 0.05) is 17.5 Å². The summed E-state index contributed by atoms with van der Waals surface area (Å²) in [6.07, 6.45) is 2.14. The molecule has 4 nitrogen and oxygen atoms in total. The van der Waals surface area contributed by atoms with Gasteiger partial charge in [-0.2, -0.15) is 9.97 Å². The zero-order valence-corrected chi connectivity index (χ0v) is 14.9. The van der Waals surface area contributed by atoms with Crippen LogP contribution in [-0.4, -0.2) is 29.2 Å². The van der Waals surface area contributed by atoms with Crippen LogP contribution in [0.5, 0.6) is 6.01 Å². The summed E-state index contributed by atoms with van der Waals surface area (Å²) < 4.78 is 19.9. The van der Waals surface area contributed by atoms with E-state index in [1.165, 1.54) is 7.11 Å². The number of rotatable bonds is 2. The Kier molecular flexibility index (Phi) is 4.16. The van der Waals surface area contributed by atoms with Gasteiger partial charge in [-0.25, -0.2) is 4.39 Å². The third-order valence-corrected chi connectivity index (χ3v) is 5.47. The maximum atomic E-state index is 14.5. The molecular weight excluding hydrogens is 373 g/mol. The van der Waals surface area contributed by atoms with Crippen molar-refractivity contribution in [1.82, 2.24) is 9.97 Å². The number of halogens is 3. The van der Waals surface area contributed by atoms with Crippen molar-refractivity contribution < 1.29 is 9.13 Å². The van der Waals surface area contributed by atoms with Crippen LogP contribution in [0.4, 0.5) is 10.2 Å². The SMILES string of the molecule is COc1nc(N2C(C)CCC2C)c2cc(Cl)c(Br)c(F)c2n1. The number of anilines is 1. The molecule has 0 saturated carbocycles. The highest BCUT2D eigenvalue weighted by Gasteiger charge is 2.31. The quantitative estimate of drug-likeness (QED) is 0.706. The first-order valence-electron chi connectivity index (χ1n) is 7.11. The molecule has 1 aromatic heterocycles. The molecule has 0 aliphatic carbocycles. The first-order chi connectivity index (χ1) is 10.4. The van der Waals surface area contributed by atoms with E-state index in [1.807, 2.05) is 0 Å². The van der Waals surface area contributed by atoms with Gasteiger partial charge in [-0.05, 0) is 48.7 Å².